The summed E-state index contributed by atoms with van der Waals surface area (Å²) in [5.41, 5.74) is 4.32. The number of piperazine rings is 1. The Morgan fingerprint density at radius 2 is 1.83 bits per heavy atom. The van der Waals surface area contributed by atoms with Gasteiger partial charge in [0.2, 0.25) is 11.9 Å². The second-order valence-electron chi connectivity index (χ2n) is 7.32. The van der Waals surface area contributed by atoms with Crippen molar-refractivity contribution in [2.75, 3.05) is 49.3 Å². The molecule has 0 radical (unpaired) electrons. The van der Waals surface area contributed by atoms with E-state index in [0.29, 0.717) is 5.95 Å². The van der Waals surface area contributed by atoms with Crippen LogP contribution in [0.5, 0.6) is 0 Å². The van der Waals surface area contributed by atoms with Crippen LogP contribution in [0.15, 0.2) is 42.2 Å². The molecule has 7 nitrogen and oxygen atoms in total. The fourth-order valence-electron chi connectivity index (χ4n) is 3.50. The Hall–Kier alpha value is -2.74. The second kappa shape index (κ2) is 8.32. The standard InChI is InChI=1S/C21H26N6OS/c1-15-20(29-14-25(15)3)19-8-9-22-21(24-19)23-17-4-6-18(7-5-17)27-12-10-26(11-13-27)16(2)28/h4-9H,10-14H2,1-3H3,(H,22,23,24). The summed E-state index contributed by atoms with van der Waals surface area (Å²) >= 11 is 1.80. The first-order valence-corrected chi connectivity index (χ1v) is 10.8. The van der Waals surface area contributed by atoms with Gasteiger partial charge in [-0.2, -0.15) is 0 Å². The zero-order valence-electron chi connectivity index (χ0n) is 17.1. The third-order valence-corrected chi connectivity index (χ3v) is 6.72. The van der Waals surface area contributed by atoms with Crippen molar-refractivity contribution >= 4 is 39.9 Å². The lowest BCUT2D eigenvalue weighted by atomic mass is 10.2. The predicted molar refractivity (Wildman–Crippen MR) is 119 cm³/mol. The first-order valence-electron chi connectivity index (χ1n) is 9.77. The molecule has 152 valence electrons. The number of hydrogen-bond donors (Lipinski definition) is 1. The number of thioether (sulfide) groups is 1. The zero-order chi connectivity index (χ0) is 20.4. The average molecular weight is 411 g/mol. The summed E-state index contributed by atoms with van der Waals surface area (Å²) in [5.74, 6) is 1.71. The van der Waals surface area contributed by atoms with Crippen LogP contribution in [0, 0.1) is 0 Å². The van der Waals surface area contributed by atoms with Crippen molar-refractivity contribution in [2.24, 2.45) is 0 Å². The van der Waals surface area contributed by atoms with Crippen LogP contribution < -0.4 is 10.2 Å². The molecule has 3 heterocycles. The molecule has 1 saturated heterocycles. The number of allylic oxidation sites excluding steroid dienone is 1. The monoisotopic (exact) mass is 410 g/mol. The fourth-order valence-corrected chi connectivity index (χ4v) is 4.65. The van der Waals surface area contributed by atoms with Crippen LogP contribution in [0.25, 0.3) is 4.91 Å². The van der Waals surface area contributed by atoms with E-state index >= 15 is 0 Å². The van der Waals surface area contributed by atoms with Crippen molar-refractivity contribution in [3.8, 4) is 0 Å². The number of carbonyl (C=O) groups is 1. The SMILES string of the molecule is CC(=O)N1CCN(c2ccc(Nc3nccc(C4=C(C)N(C)CS4)n3)cc2)CC1. The van der Waals surface area contributed by atoms with E-state index in [9.17, 15) is 4.79 Å². The van der Waals surface area contributed by atoms with Gasteiger partial charge in [0.25, 0.3) is 0 Å². The lowest BCUT2D eigenvalue weighted by molar-refractivity contribution is -0.129. The molecule has 2 aromatic rings. The van der Waals surface area contributed by atoms with Gasteiger partial charge in [-0.1, -0.05) is 0 Å². The minimum Gasteiger partial charge on any atom is -0.368 e. The number of hydrogen-bond acceptors (Lipinski definition) is 7. The van der Waals surface area contributed by atoms with Crippen molar-refractivity contribution in [2.45, 2.75) is 13.8 Å². The van der Waals surface area contributed by atoms with E-state index in [-0.39, 0.29) is 5.91 Å². The summed E-state index contributed by atoms with van der Waals surface area (Å²) in [7, 11) is 2.09. The highest BCUT2D eigenvalue weighted by Gasteiger charge is 2.20. The molecule has 4 rings (SSSR count). The Labute approximate surface area is 175 Å². The molecule has 8 heteroatoms. The van der Waals surface area contributed by atoms with Crippen molar-refractivity contribution in [1.82, 2.24) is 19.8 Å². The number of aromatic nitrogens is 2. The number of benzene rings is 1. The number of nitrogens with one attached hydrogen (secondary N) is 1. The van der Waals surface area contributed by atoms with Gasteiger partial charge in [0.05, 0.1) is 16.5 Å². The zero-order valence-corrected chi connectivity index (χ0v) is 17.9. The minimum absolute atomic E-state index is 0.153. The Kier molecular flexibility index (Phi) is 5.62. The average Bonchev–Trinajstić information content (AvgIpc) is 3.07. The minimum atomic E-state index is 0.153. The van der Waals surface area contributed by atoms with Crippen molar-refractivity contribution < 1.29 is 4.79 Å². The van der Waals surface area contributed by atoms with Crippen LogP contribution in [-0.2, 0) is 4.79 Å². The highest BCUT2D eigenvalue weighted by molar-refractivity contribution is 8.08. The number of anilines is 3. The quantitative estimate of drug-likeness (QED) is 0.830. The molecular formula is C21H26N6OS. The number of carbonyl (C=O) groups excluding carboxylic acids is 1. The number of rotatable bonds is 4. The molecular weight excluding hydrogens is 384 g/mol. The van der Waals surface area contributed by atoms with Gasteiger partial charge in [-0.3, -0.25) is 4.79 Å². The molecule has 1 N–H and O–H groups in total. The first kappa shape index (κ1) is 19.6. The molecule has 0 bridgehead atoms. The highest BCUT2D eigenvalue weighted by atomic mass is 32.2. The summed E-state index contributed by atoms with van der Waals surface area (Å²) in [5, 5.41) is 3.31. The van der Waals surface area contributed by atoms with Crippen LogP contribution >= 0.6 is 11.8 Å². The molecule has 1 amide bonds. The second-order valence-corrected chi connectivity index (χ2v) is 8.27. The van der Waals surface area contributed by atoms with E-state index in [1.165, 1.54) is 16.3 Å². The van der Waals surface area contributed by atoms with E-state index in [0.717, 1.165) is 43.4 Å². The smallest absolute Gasteiger partial charge is 0.227 e. The molecule has 1 aromatic heterocycles. The van der Waals surface area contributed by atoms with Crippen LogP contribution in [-0.4, -0.2) is 64.8 Å². The third-order valence-electron chi connectivity index (χ3n) is 5.41. The molecule has 1 aromatic carbocycles. The maximum absolute atomic E-state index is 11.5. The molecule has 2 aliphatic heterocycles. The molecule has 29 heavy (non-hydrogen) atoms. The Balaban J connectivity index is 1.42. The maximum Gasteiger partial charge on any atom is 0.227 e. The summed E-state index contributed by atoms with van der Waals surface area (Å²) < 4.78 is 0. The van der Waals surface area contributed by atoms with Gasteiger partial charge < -0.3 is 20.0 Å². The van der Waals surface area contributed by atoms with Crippen LogP contribution in [0.3, 0.4) is 0 Å². The van der Waals surface area contributed by atoms with Gasteiger partial charge >= 0.3 is 0 Å². The number of nitrogens with zero attached hydrogens (tertiary/aromatic N) is 5. The van der Waals surface area contributed by atoms with Gasteiger partial charge in [-0.05, 0) is 37.3 Å². The van der Waals surface area contributed by atoms with Gasteiger partial charge in [-0.15, -0.1) is 11.8 Å². The largest absolute Gasteiger partial charge is 0.368 e. The van der Waals surface area contributed by atoms with Crippen molar-refractivity contribution in [3.63, 3.8) is 0 Å². The van der Waals surface area contributed by atoms with Gasteiger partial charge in [0, 0.05) is 63.4 Å². The lowest BCUT2D eigenvalue weighted by Gasteiger charge is -2.35. The molecule has 0 atom stereocenters. The molecule has 0 aliphatic carbocycles. The first-order chi connectivity index (χ1) is 14.0. The molecule has 0 saturated carbocycles. The van der Waals surface area contributed by atoms with E-state index in [1.54, 1.807) is 24.9 Å². The highest BCUT2D eigenvalue weighted by Crippen LogP contribution is 2.37. The Morgan fingerprint density at radius 1 is 1.10 bits per heavy atom. The van der Waals surface area contributed by atoms with Crippen LogP contribution in [0.4, 0.5) is 17.3 Å². The summed E-state index contributed by atoms with van der Waals surface area (Å²) in [6, 6.07) is 10.3. The Morgan fingerprint density at radius 3 is 2.45 bits per heavy atom. The van der Waals surface area contributed by atoms with Crippen molar-refractivity contribution in [3.05, 3.63) is 47.9 Å². The fraction of sp³-hybridized carbons (Fsp3) is 0.381. The molecule has 0 spiro atoms. The Bertz CT molecular complexity index is 921. The molecule has 2 aliphatic rings. The van der Waals surface area contributed by atoms with E-state index in [1.807, 2.05) is 23.1 Å². The van der Waals surface area contributed by atoms with E-state index < -0.39 is 0 Å². The molecule has 0 unspecified atom stereocenters. The summed E-state index contributed by atoms with van der Waals surface area (Å²) in [4.78, 5) is 28.2. The van der Waals surface area contributed by atoms with Gasteiger partial charge in [0.1, 0.15) is 0 Å². The van der Waals surface area contributed by atoms with Crippen LogP contribution in [0.1, 0.15) is 19.5 Å². The van der Waals surface area contributed by atoms with E-state index in [2.05, 4.69) is 46.2 Å². The third kappa shape index (κ3) is 4.32. The van der Waals surface area contributed by atoms with E-state index in [4.69, 9.17) is 4.98 Å². The number of amides is 1. The van der Waals surface area contributed by atoms with Gasteiger partial charge in [-0.25, -0.2) is 9.97 Å². The van der Waals surface area contributed by atoms with Crippen molar-refractivity contribution in [1.29, 1.82) is 0 Å². The summed E-state index contributed by atoms with van der Waals surface area (Å²) in [6.45, 7) is 7.03. The summed E-state index contributed by atoms with van der Waals surface area (Å²) in [6.07, 6.45) is 1.80. The van der Waals surface area contributed by atoms with Crippen LogP contribution in [0.2, 0.25) is 0 Å². The lowest BCUT2D eigenvalue weighted by Crippen LogP contribution is -2.48. The predicted octanol–water partition coefficient (Wildman–Crippen LogP) is 3.21. The topological polar surface area (TPSA) is 64.6 Å². The maximum atomic E-state index is 11.5. The van der Waals surface area contributed by atoms with Gasteiger partial charge in [0.15, 0.2) is 0 Å². The normalized spacial score (nSPS) is 17.1. The molecule has 1 fully saturated rings.